The maximum Gasteiger partial charge on any atom is 0.251 e. The van der Waals surface area contributed by atoms with Crippen LogP contribution < -0.4 is 11.5 Å². The lowest BCUT2D eigenvalue weighted by Gasteiger charge is -2.36. The van der Waals surface area contributed by atoms with Gasteiger partial charge in [0.25, 0.3) is 5.91 Å². The van der Waals surface area contributed by atoms with E-state index in [9.17, 15) is 9.59 Å². The molecule has 6 nitrogen and oxygen atoms in total. The number of primary amides is 1. The van der Waals surface area contributed by atoms with Crippen molar-refractivity contribution in [2.75, 3.05) is 5.73 Å². The molecule has 0 spiro atoms. The van der Waals surface area contributed by atoms with Gasteiger partial charge in [0.05, 0.1) is 21.1 Å². The topological polar surface area (TPSA) is 112 Å². The van der Waals surface area contributed by atoms with Gasteiger partial charge < -0.3 is 16.0 Å². The number of carbonyl (C=O) groups excluding carboxylic acids is 2. The van der Waals surface area contributed by atoms with Gasteiger partial charge in [-0.3, -0.25) is 9.59 Å². The third-order valence-electron chi connectivity index (χ3n) is 5.55. The van der Waals surface area contributed by atoms with E-state index in [2.05, 4.69) is 5.16 Å². The second-order valence-corrected chi connectivity index (χ2v) is 8.31. The highest BCUT2D eigenvalue weighted by Gasteiger charge is 2.47. The van der Waals surface area contributed by atoms with Gasteiger partial charge in [-0.15, -0.1) is 11.3 Å². The number of thiophene rings is 1. The van der Waals surface area contributed by atoms with Crippen LogP contribution in [-0.2, 0) is 12.8 Å². The number of rotatable bonds is 6. The molecule has 0 bridgehead atoms. The summed E-state index contributed by atoms with van der Waals surface area (Å²) in [6.07, 6.45) is 7.75. The molecule has 2 aromatic heterocycles. The Morgan fingerprint density at radius 2 is 2.24 bits per heavy atom. The fraction of sp³-hybridized carbons (Fsp3) is 0.500. The van der Waals surface area contributed by atoms with Crippen molar-refractivity contribution in [3.8, 4) is 0 Å². The largest absolute Gasteiger partial charge is 0.390 e. The van der Waals surface area contributed by atoms with Gasteiger partial charge in [-0.1, -0.05) is 18.0 Å². The minimum atomic E-state index is -0.542. The molecule has 7 heteroatoms. The summed E-state index contributed by atoms with van der Waals surface area (Å²) in [6.45, 7) is 0. The Balaban J connectivity index is 1.66. The summed E-state index contributed by atoms with van der Waals surface area (Å²) in [5.41, 5.74) is 13.0. The molecule has 0 saturated heterocycles. The van der Waals surface area contributed by atoms with Crippen LogP contribution in [0.1, 0.15) is 63.4 Å². The van der Waals surface area contributed by atoms with E-state index in [1.54, 1.807) is 6.26 Å². The van der Waals surface area contributed by atoms with Crippen LogP contribution in [0.4, 0.5) is 5.00 Å². The number of aryl methyl sites for hydroxylation is 1. The van der Waals surface area contributed by atoms with Gasteiger partial charge in [0, 0.05) is 11.5 Å². The van der Waals surface area contributed by atoms with Gasteiger partial charge in [-0.05, 0) is 43.6 Å². The first-order valence-corrected chi connectivity index (χ1v) is 9.47. The zero-order valence-electron chi connectivity index (χ0n) is 13.9. The molecular weight excluding hydrogens is 338 g/mol. The Morgan fingerprint density at radius 3 is 2.88 bits per heavy atom. The number of nitrogens with zero attached hydrogens (tertiary/aromatic N) is 1. The maximum absolute atomic E-state index is 13.4. The molecule has 25 heavy (non-hydrogen) atoms. The number of hydrogen-bond acceptors (Lipinski definition) is 6. The molecule has 1 unspecified atom stereocenters. The van der Waals surface area contributed by atoms with Crippen molar-refractivity contribution >= 4 is 28.0 Å². The van der Waals surface area contributed by atoms with Crippen molar-refractivity contribution in [3.63, 3.8) is 0 Å². The van der Waals surface area contributed by atoms with E-state index in [0.717, 1.165) is 30.5 Å². The van der Waals surface area contributed by atoms with Crippen LogP contribution in [-0.4, -0.2) is 16.8 Å². The Hall–Kier alpha value is -2.15. The van der Waals surface area contributed by atoms with Gasteiger partial charge in [-0.2, -0.15) is 0 Å². The highest BCUT2D eigenvalue weighted by atomic mass is 32.1. The van der Waals surface area contributed by atoms with Crippen molar-refractivity contribution in [1.82, 2.24) is 5.16 Å². The van der Waals surface area contributed by atoms with E-state index in [1.165, 1.54) is 24.2 Å². The highest BCUT2D eigenvalue weighted by Crippen LogP contribution is 2.51. The van der Waals surface area contributed by atoms with E-state index < -0.39 is 5.91 Å². The molecule has 4 N–H and O–H groups in total. The number of anilines is 1. The Morgan fingerprint density at radius 1 is 1.44 bits per heavy atom. The monoisotopic (exact) mass is 359 g/mol. The van der Waals surface area contributed by atoms with Gasteiger partial charge in [-0.25, -0.2) is 0 Å². The summed E-state index contributed by atoms with van der Waals surface area (Å²) in [5, 5.41) is 4.34. The van der Waals surface area contributed by atoms with Gasteiger partial charge >= 0.3 is 0 Å². The minimum absolute atomic E-state index is 0.133. The van der Waals surface area contributed by atoms with E-state index in [4.69, 9.17) is 16.0 Å². The molecule has 1 amide bonds. The third kappa shape index (κ3) is 2.86. The van der Waals surface area contributed by atoms with Crippen LogP contribution in [0.15, 0.2) is 16.9 Å². The number of aromatic nitrogens is 1. The lowest BCUT2D eigenvalue weighted by molar-refractivity contribution is 0.0710. The Labute approximate surface area is 149 Å². The third-order valence-corrected chi connectivity index (χ3v) is 6.61. The summed E-state index contributed by atoms with van der Waals surface area (Å²) < 4.78 is 4.91. The summed E-state index contributed by atoms with van der Waals surface area (Å²) in [4.78, 5) is 25.8. The summed E-state index contributed by atoms with van der Waals surface area (Å²) >= 11 is 1.22. The van der Waals surface area contributed by atoms with Crippen molar-refractivity contribution in [3.05, 3.63) is 34.0 Å². The first kappa shape index (κ1) is 16.3. The van der Waals surface area contributed by atoms with Gasteiger partial charge in [0.1, 0.15) is 6.26 Å². The number of ketones is 1. The molecule has 4 rings (SSSR count). The molecule has 0 radical (unpaired) electrons. The number of carbonyl (C=O) groups is 2. The smallest absolute Gasteiger partial charge is 0.251 e. The predicted molar refractivity (Wildman–Crippen MR) is 94.5 cm³/mol. The summed E-state index contributed by atoms with van der Waals surface area (Å²) in [5.74, 6) is 0.226. The number of fused-ring (bicyclic) bond motifs is 1. The minimum Gasteiger partial charge on any atom is -0.390 e. The molecule has 1 atom stereocenters. The van der Waals surface area contributed by atoms with E-state index >= 15 is 0 Å². The van der Waals surface area contributed by atoms with Crippen LogP contribution in [0.25, 0.3) is 0 Å². The predicted octanol–water partition coefficient (Wildman–Crippen LogP) is 2.97. The highest BCUT2D eigenvalue weighted by molar-refractivity contribution is 7.18. The lowest BCUT2D eigenvalue weighted by atomic mass is 9.67. The van der Waals surface area contributed by atoms with Gasteiger partial charge in [0.2, 0.25) is 0 Å². The molecule has 132 valence electrons. The van der Waals surface area contributed by atoms with E-state index in [0.29, 0.717) is 34.2 Å². The molecule has 2 aromatic rings. The standard InChI is InChI=1S/C18H21N3O3S/c19-16(23)13-12-4-7-18(9-10-1-2-10,6-3-11-5-8-24-21-11)15(22)14(12)25-17(13)20/h5,8,10H,1-4,6-7,9,20H2,(H2,19,23). The molecule has 1 fully saturated rings. The van der Waals surface area contributed by atoms with Crippen LogP contribution in [0.3, 0.4) is 0 Å². The van der Waals surface area contributed by atoms with Crippen LogP contribution in [0.5, 0.6) is 0 Å². The van der Waals surface area contributed by atoms with Crippen LogP contribution >= 0.6 is 11.3 Å². The second-order valence-electron chi connectivity index (χ2n) is 7.26. The lowest BCUT2D eigenvalue weighted by Crippen LogP contribution is -2.37. The fourth-order valence-corrected chi connectivity index (χ4v) is 5.22. The molecule has 2 aliphatic carbocycles. The number of nitrogens with two attached hydrogens (primary N) is 2. The molecule has 0 aromatic carbocycles. The average molecular weight is 359 g/mol. The molecule has 1 saturated carbocycles. The number of hydrogen-bond donors (Lipinski definition) is 2. The Bertz CT molecular complexity index is 823. The van der Waals surface area contributed by atoms with Crippen molar-refractivity contribution in [2.45, 2.75) is 44.9 Å². The number of amides is 1. The van der Waals surface area contributed by atoms with E-state index in [1.807, 2.05) is 6.07 Å². The summed E-state index contributed by atoms with van der Waals surface area (Å²) in [7, 11) is 0. The fourth-order valence-electron chi connectivity index (χ4n) is 4.04. The zero-order chi connectivity index (χ0) is 17.6. The molecule has 2 heterocycles. The van der Waals surface area contributed by atoms with E-state index in [-0.39, 0.29) is 11.2 Å². The second kappa shape index (κ2) is 5.98. The first-order valence-electron chi connectivity index (χ1n) is 8.65. The zero-order valence-corrected chi connectivity index (χ0v) is 14.7. The quantitative estimate of drug-likeness (QED) is 0.823. The van der Waals surface area contributed by atoms with Crippen molar-refractivity contribution < 1.29 is 14.1 Å². The van der Waals surface area contributed by atoms with Crippen molar-refractivity contribution in [1.29, 1.82) is 0 Å². The first-order chi connectivity index (χ1) is 12.0. The van der Waals surface area contributed by atoms with Crippen LogP contribution in [0, 0.1) is 11.3 Å². The Kier molecular flexibility index (Phi) is 3.91. The van der Waals surface area contributed by atoms with Crippen LogP contribution in [0.2, 0.25) is 0 Å². The average Bonchev–Trinajstić information content (AvgIpc) is 3.09. The SMILES string of the molecule is NC(=O)c1c(N)sc2c1CCC(CCc1ccon1)(CC1CC1)C2=O. The maximum atomic E-state index is 13.4. The van der Waals surface area contributed by atoms with Gasteiger partial charge in [0.15, 0.2) is 5.78 Å². The molecular formula is C18H21N3O3S. The normalized spacial score (nSPS) is 22.8. The number of nitrogen functional groups attached to an aromatic ring is 1. The molecule has 2 aliphatic rings. The van der Waals surface area contributed by atoms with Crippen molar-refractivity contribution in [2.24, 2.45) is 17.1 Å². The molecule has 0 aliphatic heterocycles. The number of Topliss-reactive ketones (excluding diaryl/α,β-unsaturated/α-hetero) is 1. The summed E-state index contributed by atoms with van der Waals surface area (Å²) in [6, 6.07) is 1.85.